The third kappa shape index (κ3) is 2.64. The summed E-state index contributed by atoms with van der Waals surface area (Å²) in [6, 6.07) is 8.71. The largest absolute Gasteiger partial charge is 0.370 e. The first-order valence-corrected chi connectivity index (χ1v) is 5.85. The van der Waals surface area contributed by atoms with Gasteiger partial charge < -0.3 is 10.2 Å². The molecule has 1 aliphatic heterocycles. The van der Waals surface area contributed by atoms with Gasteiger partial charge in [-0.3, -0.25) is 0 Å². The maximum Gasteiger partial charge on any atom is 0.0426 e. The van der Waals surface area contributed by atoms with E-state index >= 15 is 0 Å². The van der Waals surface area contributed by atoms with E-state index in [9.17, 15) is 0 Å². The van der Waals surface area contributed by atoms with Gasteiger partial charge in [0.1, 0.15) is 0 Å². The Kier molecular flexibility index (Phi) is 3.49. The second-order valence-electron chi connectivity index (χ2n) is 4.05. The summed E-state index contributed by atoms with van der Waals surface area (Å²) in [7, 11) is 2.03. The maximum atomic E-state index is 5.99. The zero-order chi connectivity index (χ0) is 10.7. The van der Waals surface area contributed by atoms with Gasteiger partial charge in [0.2, 0.25) is 0 Å². The van der Waals surface area contributed by atoms with Crippen LogP contribution in [0.5, 0.6) is 0 Å². The van der Waals surface area contributed by atoms with Crippen LogP contribution in [0.1, 0.15) is 12.8 Å². The summed E-state index contributed by atoms with van der Waals surface area (Å²) in [6.07, 6.45) is 2.52. The summed E-state index contributed by atoms with van der Waals surface area (Å²) in [5.41, 5.74) is 1.24. The van der Waals surface area contributed by atoms with E-state index in [1.54, 1.807) is 0 Å². The molecule has 2 rings (SSSR count). The molecule has 82 valence electrons. The van der Waals surface area contributed by atoms with Crippen molar-refractivity contribution in [1.29, 1.82) is 0 Å². The zero-order valence-electron chi connectivity index (χ0n) is 9.04. The van der Waals surface area contributed by atoms with Gasteiger partial charge in [-0.15, -0.1) is 0 Å². The average Bonchev–Trinajstić information content (AvgIpc) is 2.29. The molecule has 2 nitrogen and oxygen atoms in total. The molecule has 1 heterocycles. The molecule has 1 atom stereocenters. The van der Waals surface area contributed by atoms with Crippen molar-refractivity contribution in [1.82, 2.24) is 5.32 Å². The van der Waals surface area contributed by atoms with Crippen molar-refractivity contribution >= 4 is 17.3 Å². The minimum absolute atomic E-state index is 0.609. The lowest BCUT2D eigenvalue weighted by Gasteiger charge is -2.34. The molecular formula is C12H17ClN2. The molecule has 15 heavy (non-hydrogen) atoms. The molecule has 1 N–H and O–H groups in total. The van der Waals surface area contributed by atoms with Gasteiger partial charge in [0.25, 0.3) is 0 Å². The molecule has 0 spiro atoms. The number of rotatable bonds is 2. The molecule has 1 aromatic rings. The highest BCUT2D eigenvalue weighted by Gasteiger charge is 2.18. The van der Waals surface area contributed by atoms with E-state index in [0.29, 0.717) is 6.04 Å². The summed E-state index contributed by atoms with van der Waals surface area (Å²) >= 11 is 5.99. The van der Waals surface area contributed by atoms with Crippen LogP contribution >= 0.6 is 11.6 Å². The fraction of sp³-hybridized carbons (Fsp3) is 0.500. The van der Waals surface area contributed by atoms with E-state index in [1.165, 1.54) is 18.5 Å². The first-order valence-electron chi connectivity index (χ1n) is 5.47. The zero-order valence-corrected chi connectivity index (χ0v) is 9.80. The van der Waals surface area contributed by atoms with Crippen LogP contribution in [-0.2, 0) is 0 Å². The predicted octanol–water partition coefficient (Wildman–Crippen LogP) is 2.53. The minimum atomic E-state index is 0.609. The molecule has 1 fully saturated rings. The SMILES string of the molecule is CNC1CCCN(c2cccc(Cl)c2)C1. The predicted molar refractivity (Wildman–Crippen MR) is 65.7 cm³/mol. The van der Waals surface area contributed by atoms with Crippen molar-refractivity contribution in [3.63, 3.8) is 0 Å². The van der Waals surface area contributed by atoms with E-state index in [4.69, 9.17) is 11.6 Å². The molecule has 0 saturated carbocycles. The van der Waals surface area contributed by atoms with Crippen molar-refractivity contribution in [2.45, 2.75) is 18.9 Å². The van der Waals surface area contributed by atoms with Crippen LogP contribution in [0.3, 0.4) is 0 Å². The Hall–Kier alpha value is -0.730. The molecule has 1 unspecified atom stereocenters. The standard InChI is InChI=1S/C12H17ClN2/c1-14-11-5-3-7-15(9-11)12-6-2-4-10(13)8-12/h2,4,6,8,11,14H,3,5,7,9H2,1H3. The molecule has 0 aliphatic carbocycles. The Morgan fingerprint density at radius 2 is 2.33 bits per heavy atom. The summed E-state index contributed by atoms with van der Waals surface area (Å²) in [4.78, 5) is 2.40. The van der Waals surface area contributed by atoms with Gasteiger partial charge in [-0.25, -0.2) is 0 Å². The van der Waals surface area contributed by atoms with Gasteiger partial charge in [0.05, 0.1) is 0 Å². The molecule has 0 aromatic heterocycles. The van der Waals surface area contributed by atoms with Crippen molar-refractivity contribution in [3.8, 4) is 0 Å². The number of nitrogens with zero attached hydrogens (tertiary/aromatic N) is 1. The number of piperidine rings is 1. The Balaban J connectivity index is 2.09. The Labute approximate surface area is 96.2 Å². The topological polar surface area (TPSA) is 15.3 Å². The van der Waals surface area contributed by atoms with Crippen LogP contribution in [0.15, 0.2) is 24.3 Å². The van der Waals surface area contributed by atoms with Gasteiger partial charge >= 0.3 is 0 Å². The summed E-state index contributed by atoms with van der Waals surface area (Å²) < 4.78 is 0. The lowest BCUT2D eigenvalue weighted by atomic mass is 10.1. The fourth-order valence-electron chi connectivity index (χ4n) is 2.12. The molecule has 0 amide bonds. The molecule has 0 radical (unpaired) electrons. The molecule has 1 saturated heterocycles. The van der Waals surface area contributed by atoms with Crippen LogP contribution < -0.4 is 10.2 Å². The normalized spacial score (nSPS) is 21.7. The van der Waals surface area contributed by atoms with Crippen molar-refractivity contribution < 1.29 is 0 Å². The number of hydrogen-bond acceptors (Lipinski definition) is 2. The average molecular weight is 225 g/mol. The van der Waals surface area contributed by atoms with E-state index < -0.39 is 0 Å². The maximum absolute atomic E-state index is 5.99. The van der Waals surface area contributed by atoms with Crippen LogP contribution in [0.25, 0.3) is 0 Å². The fourth-order valence-corrected chi connectivity index (χ4v) is 2.30. The monoisotopic (exact) mass is 224 g/mol. The van der Waals surface area contributed by atoms with Crippen LogP contribution in [0.2, 0.25) is 5.02 Å². The Bertz CT molecular complexity index is 327. The van der Waals surface area contributed by atoms with Gasteiger partial charge in [-0.2, -0.15) is 0 Å². The highest BCUT2D eigenvalue weighted by atomic mass is 35.5. The highest BCUT2D eigenvalue weighted by Crippen LogP contribution is 2.22. The number of nitrogens with one attached hydrogen (secondary N) is 1. The molecular weight excluding hydrogens is 208 g/mol. The van der Waals surface area contributed by atoms with Crippen molar-refractivity contribution in [2.75, 3.05) is 25.0 Å². The van der Waals surface area contributed by atoms with Crippen molar-refractivity contribution in [3.05, 3.63) is 29.3 Å². The number of hydrogen-bond donors (Lipinski definition) is 1. The lowest BCUT2D eigenvalue weighted by molar-refractivity contribution is 0.449. The van der Waals surface area contributed by atoms with Gasteiger partial charge in [-0.05, 0) is 38.1 Å². The van der Waals surface area contributed by atoms with Gasteiger partial charge in [-0.1, -0.05) is 17.7 Å². The quantitative estimate of drug-likeness (QED) is 0.831. The van der Waals surface area contributed by atoms with E-state index in [0.717, 1.165) is 18.1 Å². The van der Waals surface area contributed by atoms with E-state index in [1.807, 2.05) is 25.2 Å². The highest BCUT2D eigenvalue weighted by molar-refractivity contribution is 6.30. The number of halogens is 1. The number of likely N-dealkylation sites (N-methyl/N-ethyl adjacent to an activating group) is 1. The van der Waals surface area contributed by atoms with Gasteiger partial charge in [0, 0.05) is 29.8 Å². The first kappa shape index (κ1) is 10.8. The number of anilines is 1. The third-order valence-corrected chi connectivity index (χ3v) is 3.24. The van der Waals surface area contributed by atoms with E-state index in [2.05, 4.69) is 16.3 Å². The smallest absolute Gasteiger partial charge is 0.0426 e. The Morgan fingerprint density at radius 1 is 1.47 bits per heavy atom. The molecule has 1 aliphatic rings. The summed E-state index contributed by atoms with van der Waals surface area (Å²) in [5.74, 6) is 0. The second kappa shape index (κ2) is 4.86. The van der Waals surface area contributed by atoms with Gasteiger partial charge in [0.15, 0.2) is 0 Å². The second-order valence-corrected chi connectivity index (χ2v) is 4.49. The van der Waals surface area contributed by atoms with Crippen LogP contribution in [0.4, 0.5) is 5.69 Å². The van der Waals surface area contributed by atoms with Crippen LogP contribution in [0, 0.1) is 0 Å². The van der Waals surface area contributed by atoms with Crippen LogP contribution in [-0.4, -0.2) is 26.2 Å². The van der Waals surface area contributed by atoms with E-state index in [-0.39, 0.29) is 0 Å². The summed E-state index contributed by atoms with van der Waals surface area (Å²) in [5, 5.41) is 4.16. The first-order chi connectivity index (χ1) is 7.29. The summed E-state index contributed by atoms with van der Waals surface area (Å²) in [6.45, 7) is 2.22. The molecule has 3 heteroatoms. The Morgan fingerprint density at radius 3 is 3.07 bits per heavy atom. The van der Waals surface area contributed by atoms with Crippen molar-refractivity contribution in [2.24, 2.45) is 0 Å². The number of benzene rings is 1. The lowest BCUT2D eigenvalue weighted by Crippen LogP contribution is -2.44. The molecule has 0 bridgehead atoms. The third-order valence-electron chi connectivity index (χ3n) is 3.00. The molecule has 1 aromatic carbocycles. The minimum Gasteiger partial charge on any atom is -0.370 e.